The van der Waals surface area contributed by atoms with Crippen LogP contribution in [-0.2, 0) is 10.0 Å². The van der Waals surface area contributed by atoms with Crippen LogP contribution in [0.25, 0.3) is 11.6 Å². The first kappa shape index (κ1) is 16.0. The number of aromatic nitrogens is 2. The predicted octanol–water partition coefficient (Wildman–Crippen LogP) is 2.73. The number of nitrogens with zero attached hydrogens (tertiary/aromatic N) is 3. The molecular weight excluding hydrogens is 342 g/mol. The highest BCUT2D eigenvalue weighted by Gasteiger charge is 2.41. The minimum Gasteiger partial charge on any atom is -0.461 e. The lowest BCUT2D eigenvalue weighted by molar-refractivity contribution is 0.216. The van der Waals surface area contributed by atoms with E-state index in [4.69, 9.17) is 8.94 Å². The summed E-state index contributed by atoms with van der Waals surface area (Å²) in [4.78, 5) is 4.66. The molecule has 0 aliphatic carbocycles. The van der Waals surface area contributed by atoms with Crippen LogP contribution in [0.4, 0.5) is 0 Å². The number of hydrogen-bond acceptors (Lipinski definition) is 6. The lowest BCUT2D eigenvalue weighted by atomic mass is 10.0. The molecule has 7 nitrogen and oxygen atoms in total. The van der Waals surface area contributed by atoms with Crippen molar-refractivity contribution >= 4 is 10.0 Å². The van der Waals surface area contributed by atoms with E-state index in [9.17, 15) is 8.42 Å². The largest absolute Gasteiger partial charge is 0.461 e. The minimum atomic E-state index is -3.51. The van der Waals surface area contributed by atoms with Crippen molar-refractivity contribution in [1.29, 1.82) is 0 Å². The van der Waals surface area contributed by atoms with Gasteiger partial charge in [-0.25, -0.2) is 8.42 Å². The van der Waals surface area contributed by atoms with Gasteiger partial charge in [0.05, 0.1) is 17.1 Å². The van der Waals surface area contributed by atoms with Gasteiger partial charge in [-0.1, -0.05) is 17.3 Å². The molecule has 0 N–H and O–H groups in total. The number of furan rings is 1. The van der Waals surface area contributed by atoms with Crippen molar-refractivity contribution in [2.75, 3.05) is 13.1 Å². The van der Waals surface area contributed by atoms with Crippen LogP contribution in [-0.4, -0.2) is 36.0 Å². The van der Waals surface area contributed by atoms with Gasteiger partial charge in [0.25, 0.3) is 0 Å². The highest BCUT2D eigenvalue weighted by Crippen LogP contribution is 2.33. The summed E-state index contributed by atoms with van der Waals surface area (Å²) in [6, 6.07) is 8.93. The van der Waals surface area contributed by atoms with E-state index in [0.29, 0.717) is 35.5 Å². The Morgan fingerprint density at radius 2 is 2.00 bits per heavy atom. The smallest absolute Gasteiger partial charge is 0.243 e. The highest BCUT2D eigenvalue weighted by molar-refractivity contribution is 7.89. The molecule has 0 bridgehead atoms. The summed E-state index contributed by atoms with van der Waals surface area (Å²) in [6.45, 7) is 4.34. The fourth-order valence-corrected chi connectivity index (χ4v) is 4.66. The average molecular weight is 359 g/mol. The fourth-order valence-electron chi connectivity index (χ4n) is 2.82. The number of aryl methyl sites for hydroxylation is 2. The van der Waals surface area contributed by atoms with Crippen molar-refractivity contribution in [3.63, 3.8) is 0 Å². The van der Waals surface area contributed by atoms with Crippen LogP contribution in [0.15, 0.2) is 50.4 Å². The molecule has 0 atom stereocenters. The Balaban J connectivity index is 1.51. The second kappa shape index (κ2) is 5.82. The molecule has 4 rings (SSSR count). The zero-order chi connectivity index (χ0) is 17.6. The Kier molecular flexibility index (Phi) is 3.73. The van der Waals surface area contributed by atoms with Gasteiger partial charge in [0, 0.05) is 13.1 Å². The molecular formula is C17H17N3O4S. The Morgan fingerprint density at radius 1 is 1.20 bits per heavy atom. The van der Waals surface area contributed by atoms with Crippen molar-refractivity contribution < 1.29 is 17.4 Å². The fraction of sp³-hybridized carbons (Fsp3) is 0.294. The van der Waals surface area contributed by atoms with Crippen LogP contribution in [0.5, 0.6) is 0 Å². The summed E-state index contributed by atoms with van der Waals surface area (Å²) in [7, 11) is -3.51. The van der Waals surface area contributed by atoms with Crippen molar-refractivity contribution in [3.05, 3.63) is 53.6 Å². The van der Waals surface area contributed by atoms with Crippen LogP contribution >= 0.6 is 0 Å². The molecule has 1 saturated heterocycles. The van der Waals surface area contributed by atoms with Crippen molar-refractivity contribution in [2.45, 2.75) is 24.7 Å². The van der Waals surface area contributed by atoms with Gasteiger partial charge in [-0.2, -0.15) is 9.29 Å². The molecule has 0 amide bonds. The van der Waals surface area contributed by atoms with E-state index in [0.717, 1.165) is 11.1 Å². The molecule has 1 fully saturated rings. The maximum atomic E-state index is 12.8. The van der Waals surface area contributed by atoms with E-state index in [2.05, 4.69) is 10.1 Å². The third-order valence-electron chi connectivity index (χ3n) is 4.34. The summed E-state index contributed by atoms with van der Waals surface area (Å²) in [5.41, 5.74) is 1.66. The zero-order valence-electron chi connectivity index (χ0n) is 13.8. The summed E-state index contributed by atoms with van der Waals surface area (Å²) in [6.07, 6.45) is 1.53. The van der Waals surface area contributed by atoms with E-state index in [-0.39, 0.29) is 5.92 Å². The number of rotatable bonds is 4. The summed E-state index contributed by atoms with van der Waals surface area (Å²) < 4.78 is 37.5. The maximum Gasteiger partial charge on any atom is 0.243 e. The van der Waals surface area contributed by atoms with Crippen LogP contribution in [0.2, 0.25) is 0 Å². The molecule has 130 valence electrons. The number of hydrogen-bond donors (Lipinski definition) is 0. The van der Waals surface area contributed by atoms with Crippen LogP contribution < -0.4 is 0 Å². The van der Waals surface area contributed by atoms with Gasteiger partial charge < -0.3 is 8.94 Å². The first-order chi connectivity index (χ1) is 11.9. The maximum absolute atomic E-state index is 12.8. The molecule has 2 aromatic heterocycles. The van der Waals surface area contributed by atoms with Gasteiger partial charge >= 0.3 is 0 Å². The van der Waals surface area contributed by atoms with Crippen molar-refractivity contribution in [2.24, 2.45) is 0 Å². The van der Waals surface area contributed by atoms with Gasteiger partial charge in [-0.05, 0) is 43.2 Å². The standard InChI is InChI=1S/C17H17N3O4S/c1-11-5-6-12(2)15(8-11)25(21,22)20-9-13(10-20)17-18-16(19-24-17)14-4-3-7-23-14/h3-8,13H,9-10H2,1-2H3. The molecule has 3 heterocycles. The predicted molar refractivity (Wildman–Crippen MR) is 89.4 cm³/mol. The van der Waals surface area contributed by atoms with Crippen molar-refractivity contribution in [1.82, 2.24) is 14.4 Å². The van der Waals surface area contributed by atoms with Crippen LogP contribution in [0.1, 0.15) is 22.9 Å². The molecule has 1 aromatic carbocycles. The molecule has 3 aromatic rings. The molecule has 0 radical (unpaired) electrons. The molecule has 8 heteroatoms. The van der Waals surface area contributed by atoms with E-state index in [1.54, 1.807) is 25.1 Å². The van der Waals surface area contributed by atoms with Gasteiger partial charge in [-0.15, -0.1) is 0 Å². The highest BCUT2D eigenvalue weighted by atomic mass is 32.2. The van der Waals surface area contributed by atoms with Crippen molar-refractivity contribution in [3.8, 4) is 11.6 Å². The minimum absolute atomic E-state index is 0.101. The molecule has 0 spiro atoms. The zero-order valence-corrected chi connectivity index (χ0v) is 14.7. The van der Waals surface area contributed by atoms with E-state index >= 15 is 0 Å². The molecule has 1 aliphatic rings. The lowest BCUT2D eigenvalue weighted by Crippen LogP contribution is -2.48. The number of benzene rings is 1. The normalized spacial score (nSPS) is 16.1. The monoisotopic (exact) mass is 359 g/mol. The number of sulfonamides is 1. The summed E-state index contributed by atoms with van der Waals surface area (Å²) in [5, 5.41) is 3.88. The Bertz CT molecular complexity index is 1000. The van der Waals surface area contributed by atoms with E-state index in [1.165, 1.54) is 10.6 Å². The van der Waals surface area contributed by atoms with E-state index in [1.807, 2.05) is 19.1 Å². The molecule has 0 saturated carbocycles. The van der Waals surface area contributed by atoms with Gasteiger partial charge in [0.2, 0.25) is 21.7 Å². The Labute approximate surface area is 145 Å². The van der Waals surface area contributed by atoms with Gasteiger partial charge in [0.1, 0.15) is 0 Å². The first-order valence-corrected chi connectivity index (χ1v) is 9.34. The first-order valence-electron chi connectivity index (χ1n) is 7.90. The quantitative estimate of drug-likeness (QED) is 0.711. The Hall–Kier alpha value is -2.45. The topological polar surface area (TPSA) is 89.4 Å². The lowest BCUT2D eigenvalue weighted by Gasteiger charge is -2.36. The van der Waals surface area contributed by atoms with Gasteiger partial charge in [0.15, 0.2) is 5.76 Å². The Morgan fingerprint density at radius 3 is 2.72 bits per heavy atom. The SMILES string of the molecule is Cc1ccc(C)c(S(=O)(=O)N2CC(c3nc(-c4ccco4)no3)C2)c1. The van der Waals surface area contributed by atoms with Crippen LogP contribution in [0.3, 0.4) is 0 Å². The average Bonchev–Trinajstić information content (AvgIpc) is 3.18. The molecule has 0 unspecified atom stereocenters. The second-order valence-corrected chi connectivity index (χ2v) is 8.13. The van der Waals surface area contributed by atoms with E-state index < -0.39 is 10.0 Å². The molecule has 1 aliphatic heterocycles. The third kappa shape index (κ3) is 2.77. The summed E-state index contributed by atoms with van der Waals surface area (Å²) >= 11 is 0. The van der Waals surface area contributed by atoms with Crippen LogP contribution in [0, 0.1) is 13.8 Å². The van der Waals surface area contributed by atoms with Gasteiger partial charge in [-0.3, -0.25) is 0 Å². The molecule has 25 heavy (non-hydrogen) atoms. The second-order valence-electron chi connectivity index (χ2n) is 6.22. The summed E-state index contributed by atoms with van der Waals surface area (Å²) in [5.74, 6) is 1.22. The third-order valence-corrected chi connectivity index (χ3v) is 6.32.